The van der Waals surface area contributed by atoms with Crippen LogP contribution in [0.3, 0.4) is 0 Å². The van der Waals surface area contributed by atoms with Gasteiger partial charge in [0, 0.05) is 0 Å². The van der Waals surface area contributed by atoms with E-state index in [1.165, 1.54) is 11.1 Å². The fourth-order valence-corrected chi connectivity index (χ4v) is 2.06. The average molecular weight is 344 g/mol. The van der Waals surface area contributed by atoms with Crippen molar-refractivity contribution >= 4 is 0 Å². The fourth-order valence-electron chi connectivity index (χ4n) is 2.06. The molecule has 2 unspecified atom stereocenters. The number of hydrogen-bond acceptors (Lipinski definition) is 2. The summed E-state index contributed by atoms with van der Waals surface area (Å²) in [6, 6.07) is 14.2. The maximum atomic E-state index is 10.7. The Bertz CT molecular complexity index is 487. The van der Waals surface area contributed by atoms with Crippen molar-refractivity contribution in [3.63, 3.8) is 0 Å². The van der Waals surface area contributed by atoms with Gasteiger partial charge in [-0.15, -0.1) is 11.5 Å². The maximum absolute atomic E-state index is 10.7. The molecule has 0 aliphatic rings. The first-order valence-electron chi connectivity index (χ1n) is 8.01. The monoisotopic (exact) mass is 344 g/mol. The zero-order chi connectivity index (χ0) is 16.5. The van der Waals surface area contributed by atoms with Gasteiger partial charge in [0.1, 0.15) is 0 Å². The van der Waals surface area contributed by atoms with Crippen molar-refractivity contribution < 1.29 is 69.3 Å². The quantitative estimate of drug-likeness (QED) is 0.638. The van der Waals surface area contributed by atoms with Gasteiger partial charge in [-0.25, -0.2) is 0 Å². The predicted molar refractivity (Wildman–Crippen MR) is 89.2 cm³/mol. The SMILES string of the molecule is CCC(C)c1ccc([O-])cc1.CCC(C)c1ccc([O-])cc1.[Na+].[Na+]. The van der Waals surface area contributed by atoms with E-state index in [-0.39, 0.29) is 70.6 Å². The van der Waals surface area contributed by atoms with Crippen LogP contribution in [0.25, 0.3) is 0 Å². The Labute approximate surface area is 191 Å². The molecule has 0 aliphatic carbocycles. The first-order valence-corrected chi connectivity index (χ1v) is 8.01. The van der Waals surface area contributed by atoms with Crippen LogP contribution in [-0.2, 0) is 0 Å². The van der Waals surface area contributed by atoms with E-state index in [9.17, 15) is 10.2 Å². The Hall–Kier alpha value is 0.0400. The molecule has 2 aromatic rings. The van der Waals surface area contributed by atoms with Gasteiger partial charge in [-0.05, 0) is 35.8 Å². The van der Waals surface area contributed by atoms with Gasteiger partial charge in [0.25, 0.3) is 0 Å². The van der Waals surface area contributed by atoms with E-state index < -0.39 is 0 Å². The Balaban J connectivity index is 0. The van der Waals surface area contributed by atoms with Gasteiger partial charge in [0.2, 0.25) is 0 Å². The van der Waals surface area contributed by atoms with Crippen LogP contribution >= 0.6 is 0 Å². The second-order valence-electron chi connectivity index (χ2n) is 5.76. The molecule has 0 fully saturated rings. The van der Waals surface area contributed by atoms with Gasteiger partial charge in [0.15, 0.2) is 0 Å². The average Bonchev–Trinajstić information content (AvgIpc) is 2.55. The summed E-state index contributed by atoms with van der Waals surface area (Å²) in [5.74, 6) is 1.32. The molecule has 0 aliphatic heterocycles. The van der Waals surface area contributed by atoms with Crippen molar-refractivity contribution in [1.29, 1.82) is 0 Å². The van der Waals surface area contributed by atoms with E-state index >= 15 is 0 Å². The molecular weight excluding hydrogens is 318 g/mol. The molecule has 24 heavy (non-hydrogen) atoms. The van der Waals surface area contributed by atoms with Crippen LogP contribution in [0.1, 0.15) is 63.5 Å². The molecule has 4 heteroatoms. The smallest absolute Gasteiger partial charge is 0.872 e. The minimum absolute atomic E-state index is 0. The van der Waals surface area contributed by atoms with Crippen LogP contribution in [-0.4, -0.2) is 0 Å². The Morgan fingerprint density at radius 1 is 0.625 bits per heavy atom. The minimum atomic E-state index is 0. The summed E-state index contributed by atoms with van der Waals surface area (Å²) >= 11 is 0. The summed E-state index contributed by atoms with van der Waals surface area (Å²) in [7, 11) is 0. The van der Waals surface area contributed by atoms with Gasteiger partial charge < -0.3 is 10.2 Å². The van der Waals surface area contributed by atoms with Gasteiger partial charge in [-0.1, -0.05) is 76.2 Å². The molecule has 2 rings (SSSR count). The van der Waals surface area contributed by atoms with Crippen LogP contribution in [0, 0.1) is 0 Å². The molecule has 0 bridgehead atoms. The molecule has 0 spiro atoms. The normalized spacial score (nSPS) is 11.8. The van der Waals surface area contributed by atoms with Crippen molar-refractivity contribution in [3.8, 4) is 11.5 Å². The van der Waals surface area contributed by atoms with Crippen molar-refractivity contribution in [2.75, 3.05) is 0 Å². The standard InChI is InChI=1S/2C10H14O.2Na/c2*1-3-8(2)9-4-6-10(11)7-5-9;;/h2*4-8,11H,3H2,1-2H3;;/q;;2*+1/p-2. The van der Waals surface area contributed by atoms with Crippen LogP contribution in [0.15, 0.2) is 48.5 Å². The Morgan fingerprint density at radius 2 is 0.875 bits per heavy atom. The molecular formula is C20H26Na2O2. The molecule has 0 saturated carbocycles. The van der Waals surface area contributed by atoms with E-state index in [4.69, 9.17) is 0 Å². The first kappa shape index (κ1) is 26.3. The van der Waals surface area contributed by atoms with E-state index in [2.05, 4.69) is 27.7 Å². The molecule has 0 saturated heterocycles. The van der Waals surface area contributed by atoms with Gasteiger partial charge in [0.05, 0.1) is 0 Å². The summed E-state index contributed by atoms with van der Waals surface area (Å²) in [5.41, 5.74) is 2.51. The van der Waals surface area contributed by atoms with Crippen LogP contribution < -0.4 is 69.3 Å². The summed E-state index contributed by atoms with van der Waals surface area (Å²) in [6.45, 7) is 8.63. The van der Waals surface area contributed by atoms with Crippen molar-refractivity contribution in [2.24, 2.45) is 0 Å². The molecule has 2 nitrogen and oxygen atoms in total. The number of hydrogen-bond donors (Lipinski definition) is 0. The molecule has 0 amide bonds. The van der Waals surface area contributed by atoms with Gasteiger partial charge >= 0.3 is 59.1 Å². The Kier molecular flexibility index (Phi) is 15.6. The molecule has 0 heterocycles. The van der Waals surface area contributed by atoms with Crippen LogP contribution in [0.2, 0.25) is 0 Å². The Morgan fingerprint density at radius 3 is 1.08 bits per heavy atom. The van der Waals surface area contributed by atoms with E-state index in [0.717, 1.165) is 12.8 Å². The summed E-state index contributed by atoms with van der Waals surface area (Å²) < 4.78 is 0. The van der Waals surface area contributed by atoms with Crippen molar-refractivity contribution in [2.45, 2.75) is 52.4 Å². The first-order chi connectivity index (χ1) is 10.5. The van der Waals surface area contributed by atoms with Crippen LogP contribution in [0.4, 0.5) is 0 Å². The summed E-state index contributed by atoms with van der Waals surface area (Å²) in [6.07, 6.45) is 2.25. The topological polar surface area (TPSA) is 46.1 Å². The third-order valence-electron chi connectivity index (χ3n) is 4.12. The third kappa shape index (κ3) is 9.50. The molecule has 2 atom stereocenters. The zero-order valence-electron chi connectivity index (χ0n) is 16.0. The second kappa shape index (κ2) is 14.2. The van der Waals surface area contributed by atoms with Crippen molar-refractivity contribution in [3.05, 3.63) is 59.7 Å². The van der Waals surface area contributed by atoms with Crippen LogP contribution in [0.5, 0.6) is 11.5 Å². The summed E-state index contributed by atoms with van der Waals surface area (Å²) in [5, 5.41) is 21.5. The molecule has 0 radical (unpaired) electrons. The van der Waals surface area contributed by atoms with E-state index in [0.29, 0.717) is 11.8 Å². The molecule has 0 aromatic heterocycles. The minimum Gasteiger partial charge on any atom is -0.872 e. The van der Waals surface area contributed by atoms with Gasteiger partial charge in [-0.3, -0.25) is 0 Å². The molecule has 120 valence electrons. The van der Waals surface area contributed by atoms with Crippen molar-refractivity contribution in [1.82, 2.24) is 0 Å². The fraction of sp³-hybridized carbons (Fsp3) is 0.400. The third-order valence-corrected chi connectivity index (χ3v) is 4.12. The molecule has 2 aromatic carbocycles. The zero-order valence-corrected chi connectivity index (χ0v) is 20.0. The van der Waals surface area contributed by atoms with E-state index in [1.54, 1.807) is 24.3 Å². The largest absolute Gasteiger partial charge is 1.00 e. The predicted octanol–water partition coefficient (Wildman–Crippen LogP) is -1.44. The van der Waals surface area contributed by atoms with E-state index in [1.807, 2.05) is 24.3 Å². The second-order valence-corrected chi connectivity index (χ2v) is 5.76. The molecule has 0 N–H and O–H groups in total. The summed E-state index contributed by atoms with van der Waals surface area (Å²) in [4.78, 5) is 0. The number of benzene rings is 2. The van der Waals surface area contributed by atoms with Gasteiger partial charge in [-0.2, -0.15) is 0 Å². The number of rotatable bonds is 4. The maximum Gasteiger partial charge on any atom is 1.00 e.